The largest absolute Gasteiger partial charge is 0.465 e. The minimum absolute atomic E-state index is 0.0539. The monoisotopic (exact) mass is 317 g/mol. The number of esters is 1. The van der Waals surface area contributed by atoms with Crippen LogP contribution in [0.2, 0.25) is 0 Å². The van der Waals surface area contributed by atoms with Gasteiger partial charge in [-0.15, -0.1) is 0 Å². The number of hydrogen-bond acceptors (Lipinski definition) is 4. The third-order valence-electron chi connectivity index (χ3n) is 3.58. The van der Waals surface area contributed by atoms with Crippen LogP contribution in [-0.2, 0) is 9.53 Å². The Kier molecular flexibility index (Phi) is 5.54. The summed E-state index contributed by atoms with van der Waals surface area (Å²) in [5.41, 5.74) is 1.89. The number of carbonyl (C=O) groups is 2. The predicted octanol–water partition coefficient (Wildman–Crippen LogP) is 1.64. The minimum Gasteiger partial charge on any atom is -0.465 e. The summed E-state index contributed by atoms with van der Waals surface area (Å²) in [7, 11) is 1.32. The number of benzene rings is 1. The van der Waals surface area contributed by atoms with Crippen molar-refractivity contribution in [3.63, 3.8) is 0 Å². The van der Waals surface area contributed by atoms with Gasteiger partial charge in [-0.25, -0.2) is 4.79 Å². The van der Waals surface area contributed by atoms with Gasteiger partial charge in [-0.3, -0.25) is 4.79 Å². The van der Waals surface area contributed by atoms with E-state index in [4.69, 9.17) is 4.42 Å². The summed E-state index contributed by atoms with van der Waals surface area (Å²) in [4.78, 5) is 23.7. The van der Waals surface area contributed by atoms with Crippen LogP contribution in [0, 0.1) is 6.92 Å². The lowest BCUT2D eigenvalue weighted by atomic mass is 10.1. The molecule has 122 valence electrons. The molecule has 1 aromatic heterocycles. The van der Waals surface area contributed by atoms with Crippen LogP contribution in [0.3, 0.4) is 0 Å². The lowest BCUT2D eigenvalue weighted by Gasteiger charge is -2.11. The van der Waals surface area contributed by atoms with Crippen molar-refractivity contribution >= 4 is 17.6 Å². The highest BCUT2D eigenvalue weighted by atomic mass is 16.5. The van der Waals surface area contributed by atoms with Gasteiger partial charge in [0.15, 0.2) is 12.3 Å². The summed E-state index contributed by atoms with van der Waals surface area (Å²) in [6.45, 7) is 4.09. The maximum absolute atomic E-state index is 12.1. The van der Waals surface area contributed by atoms with Gasteiger partial charge in [-0.05, 0) is 43.7 Å². The number of hydrogen-bond donors (Lipinski definition) is 2. The van der Waals surface area contributed by atoms with Crippen LogP contribution in [0.5, 0.6) is 0 Å². The Morgan fingerprint density at radius 1 is 1.35 bits per heavy atom. The Labute approximate surface area is 134 Å². The number of nitrogens with two attached hydrogens (primary N) is 1. The molecule has 3 N–H and O–H groups in total. The second kappa shape index (κ2) is 7.60. The Bertz CT molecular complexity index is 680. The van der Waals surface area contributed by atoms with Crippen molar-refractivity contribution in [3.05, 3.63) is 53.5 Å². The minimum atomic E-state index is -0.432. The highest BCUT2D eigenvalue weighted by Gasteiger charge is 2.15. The van der Waals surface area contributed by atoms with Gasteiger partial charge >= 0.3 is 5.97 Å². The fourth-order valence-corrected chi connectivity index (χ4v) is 2.15. The summed E-state index contributed by atoms with van der Waals surface area (Å²) >= 11 is 0. The highest BCUT2D eigenvalue weighted by molar-refractivity contribution is 5.95. The predicted molar refractivity (Wildman–Crippen MR) is 85.1 cm³/mol. The molecule has 6 nitrogen and oxygen atoms in total. The van der Waals surface area contributed by atoms with E-state index in [0.717, 1.165) is 11.3 Å². The molecule has 1 amide bonds. The number of methoxy groups -OCH3 is 1. The number of quaternary nitrogens is 1. The van der Waals surface area contributed by atoms with Crippen molar-refractivity contribution < 1.29 is 24.1 Å². The zero-order chi connectivity index (χ0) is 16.8. The highest BCUT2D eigenvalue weighted by Crippen LogP contribution is 2.17. The molecule has 0 bridgehead atoms. The third kappa shape index (κ3) is 4.43. The molecule has 0 radical (unpaired) electrons. The molecule has 1 aromatic carbocycles. The van der Waals surface area contributed by atoms with Gasteiger partial charge in [0, 0.05) is 5.69 Å². The van der Waals surface area contributed by atoms with E-state index in [1.807, 2.05) is 31.3 Å². The van der Waals surface area contributed by atoms with E-state index in [9.17, 15) is 9.59 Å². The molecule has 0 fully saturated rings. The van der Waals surface area contributed by atoms with E-state index in [2.05, 4.69) is 10.1 Å². The molecule has 0 aliphatic rings. The average Bonchev–Trinajstić information content (AvgIpc) is 3.08. The maximum atomic E-state index is 12.1. The van der Waals surface area contributed by atoms with Gasteiger partial charge in [0.1, 0.15) is 6.04 Å². The van der Waals surface area contributed by atoms with Crippen molar-refractivity contribution in [1.82, 2.24) is 0 Å². The number of carbonyl (C=O) groups excluding carboxylic acids is 2. The normalized spacial score (nSPS) is 11.8. The molecule has 0 unspecified atom stereocenters. The van der Waals surface area contributed by atoms with Crippen molar-refractivity contribution in [2.45, 2.75) is 19.9 Å². The quantitative estimate of drug-likeness (QED) is 0.793. The molecule has 6 heteroatoms. The lowest BCUT2D eigenvalue weighted by Crippen LogP contribution is -2.86. The van der Waals surface area contributed by atoms with E-state index in [1.165, 1.54) is 7.11 Å². The molecule has 1 heterocycles. The smallest absolute Gasteiger partial charge is 0.337 e. The molecule has 2 rings (SSSR count). The van der Waals surface area contributed by atoms with Crippen molar-refractivity contribution in [1.29, 1.82) is 0 Å². The molecular formula is C17H21N2O4+. The Morgan fingerprint density at radius 2 is 2.13 bits per heavy atom. The number of amides is 1. The van der Waals surface area contributed by atoms with Gasteiger partial charge in [-0.2, -0.15) is 0 Å². The fraction of sp³-hybridized carbons (Fsp3) is 0.294. The second-order valence-electron chi connectivity index (χ2n) is 5.31. The van der Waals surface area contributed by atoms with Crippen LogP contribution in [0.4, 0.5) is 5.69 Å². The van der Waals surface area contributed by atoms with E-state index >= 15 is 0 Å². The van der Waals surface area contributed by atoms with Crippen LogP contribution in [0.15, 0.2) is 41.0 Å². The first-order chi connectivity index (χ1) is 11.0. The Balaban J connectivity index is 1.96. The topological polar surface area (TPSA) is 85.1 Å². The summed E-state index contributed by atoms with van der Waals surface area (Å²) in [5.74, 6) is 0.244. The molecule has 2 aromatic rings. The van der Waals surface area contributed by atoms with E-state index < -0.39 is 5.97 Å². The van der Waals surface area contributed by atoms with Gasteiger partial charge < -0.3 is 19.8 Å². The second-order valence-corrected chi connectivity index (χ2v) is 5.31. The van der Waals surface area contributed by atoms with E-state index in [1.54, 1.807) is 24.5 Å². The van der Waals surface area contributed by atoms with Crippen molar-refractivity contribution in [3.8, 4) is 0 Å². The fourth-order valence-electron chi connectivity index (χ4n) is 2.15. The molecule has 0 aliphatic carbocycles. The Hall–Kier alpha value is -2.60. The number of ether oxygens (including phenoxy) is 1. The molecule has 23 heavy (non-hydrogen) atoms. The third-order valence-corrected chi connectivity index (χ3v) is 3.58. The van der Waals surface area contributed by atoms with Crippen LogP contribution in [0.1, 0.15) is 34.6 Å². The zero-order valence-electron chi connectivity index (χ0n) is 13.5. The van der Waals surface area contributed by atoms with Crippen LogP contribution in [0.25, 0.3) is 0 Å². The number of furan rings is 1. The SMILES string of the molecule is COC(=O)c1ccc(C)c(NC(=O)C[NH2+][C@@H](C)c2ccco2)c1. The standard InChI is InChI=1S/C17H20N2O4/c1-11-6-7-13(17(21)22-3)9-14(11)19-16(20)10-18-12(2)15-5-4-8-23-15/h4-9,12,18H,10H2,1-3H3,(H,19,20)/p+1/t12-/m0/s1. The van der Waals surface area contributed by atoms with Crippen LogP contribution >= 0.6 is 0 Å². The number of nitrogens with one attached hydrogen (secondary N) is 1. The van der Waals surface area contributed by atoms with Crippen molar-refractivity contribution in [2.24, 2.45) is 0 Å². The molecule has 0 saturated carbocycles. The van der Waals surface area contributed by atoms with Crippen LogP contribution in [-0.4, -0.2) is 25.5 Å². The number of anilines is 1. The summed E-state index contributed by atoms with van der Waals surface area (Å²) in [6, 6.07) is 8.82. The lowest BCUT2D eigenvalue weighted by molar-refractivity contribution is -0.684. The van der Waals surface area contributed by atoms with Crippen LogP contribution < -0.4 is 10.6 Å². The van der Waals surface area contributed by atoms with Gasteiger partial charge in [-0.1, -0.05) is 6.07 Å². The average molecular weight is 317 g/mol. The molecule has 0 saturated heterocycles. The van der Waals surface area contributed by atoms with E-state index in [0.29, 0.717) is 11.3 Å². The summed E-state index contributed by atoms with van der Waals surface area (Å²) < 4.78 is 9.99. The molecule has 0 aliphatic heterocycles. The van der Waals surface area contributed by atoms with Crippen molar-refractivity contribution in [2.75, 3.05) is 19.0 Å². The molecular weight excluding hydrogens is 296 g/mol. The van der Waals surface area contributed by atoms with Gasteiger partial charge in [0.25, 0.3) is 5.91 Å². The van der Waals surface area contributed by atoms with E-state index in [-0.39, 0.29) is 18.5 Å². The number of rotatable bonds is 6. The first-order valence-corrected chi connectivity index (χ1v) is 7.36. The number of aryl methyl sites for hydroxylation is 1. The summed E-state index contributed by atoms with van der Waals surface area (Å²) in [5, 5.41) is 4.70. The first-order valence-electron chi connectivity index (χ1n) is 7.36. The molecule has 0 spiro atoms. The maximum Gasteiger partial charge on any atom is 0.337 e. The van der Waals surface area contributed by atoms with Gasteiger partial charge in [0.2, 0.25) is 0 Å². The van der Waals surface area contributed by atoms with Gasteiger partial charge in [0.05, 0.1) is 18.9 Å². The summed E-state index contributed by atoms with van der Waals surface area (Å²) in [6.07, 6.45) is 1.61. The molecule has 1 atom stereocenters. The first kappa shape index (κ1) is 16.8. The zero-order valence-corrected chi connectivity index (χ0v) is 13.5. The Morgan fingerprint density at radius 3 is 2.78 bits per heavy atom.